The second-order valence-electron chi connectivity index (χ2n) is 14.8. The maximum atomic E-state index is 5.76. The third-order valence-electron chi connectivity index (χ3n) is 9.36. The molecule has 252 valence electrons. The Labute approximate surface area is 275 Å². The number of guanidine groups is 2. The molecule has 0 aromatic heterocycles. The molecule has 0 saturated carbocycles. The SMILES string of the molecule is CC(C)(C)c1cc(N=C(N2CCOCC2)N2CCOCC2)c2c(N=C(N3CCOCC3)N3CCOCC3)cc(C(C)(C)C)cc2c1. The second kappa shape index (κ2) is 14.1. The van der Waals surface area contributed by atoms with Crippen molar-refractivity contribution in [2.45, 2.75) is 52.4 Å². The summed E-state index contributed by atoms with van der Waals surface area (Å²) in [5, 5.41) is 2.28. The Bertz CT molecular complexity index is 1260. The molecule has 0 aliphatic carbocycles. The number of aliphatic imine (C=N–C) groups is 2. The average Bonchev–Trinajstić information content (AvgIpc) is 3.06. The molecule has 0 N–H and O–H groups in total. The summed E-state index contributed by atoms with van der Waals surface area (Å²) in [5.74, 6) is 2.02. The van der Waals surface area contributed by atoms with Crippen molar-refractivity contribution in [3.05, 3.63) is 35.4 Å². The highest BCUT2D eigenvalue weighted by Crippen LogP contribution is 2.42. The zero-order valence-electron chi connectivity index (χ0n) is 28.9. The first kappa shape index (κ1) is 33.0. The van der Waals surface area contributed by atoms with E-state index < -0.39 is 0 Å². The van der Waals surface area contributed by atoms with Gasteiger partial charge in [0.25, 0.3) is 0 Å². The highest BCUT2D eigenvalue weighted by atomic mass is 16.5. The van der Waals surface area contributed by atoms with Crippen molar-refractivity contribution in [3.8, 4) is 0 Å². The Morgan fingerprint density at radius 1 is 0.478 bits per heavy atom. The molecule has 4 aliphatic rings. The van der Waals surface area contributed by atoms with Crippen molar-refractivity contribution in [2.24, 2.45) is 9.98 Å². The molecule has 4 saturated heterocycles. The van der Waals surface area contributed by atoms with Crippen molar-refractivity contribution in [3.63, 3.8) is 0 Å². The molecule has 2 aromatic rings. The standard InChI is InChI=1S/C36H54N6O4/c1-35(2,3)28-23-27-24-29(36(4,5)6)26-31(38-34(41-11-19-45-20-12-41)42-13-21-46-22-14-42)32(27)30(25-28)37-33(39-7-15-43-16-8-39)40-9-17-44-18-10-40/h23-26H,7-22H2,1-6H3. The summed E-state index contributed by atoms with van der Waals surface area (Å²) in [6.45, 7) is 26.0. The van der Waals surface area contributed by atoms with Gasteiger partial charge in [-0.05, 0) is 39.5 Å². The van der Waals surface area contributed by atoms with Crippen LogP contribution in [0.1, 0.15) is 52.7 Å². The zero-order valence-corrected chi connectivity index (χ0v) is 28.9. The van der Waals surface area contributed by atoms with Crippen LogP contribution >= 0.6 is 0 Å². The lowest BCUT2D eigenvalue weighted by Gasteiger charge is -2.38. The van der Waals surface area contributed by atoms with Gasteiger partial charge in [0.05, 0.1) is 64.2 Å². The third kappa shape index (κ3) is 7.62. The molecular weight excluding hydrogens is 580 g/mol. The van der Waals surface area contributed by atoms with E-state index in [4.69, 9.17) is 28.9 Å². The van der Waals surface area contributed by atoms with Gasteiger partial charge in [-0.2, -0.15) is 0 Å². The Kier molecular flexibility index (Phi) is 10.1. The van der Waals surface area contributed by atoms with Crippen molar-refractivity contribution < 1.29 is 18.9 Å². The van der Waals surface area contributed by atoms with Crippen molar-refractivity contribution in [1.82, 2.24) is 19.6 Å². The number of fused-ring (bicyclic) bond motifs is 1. The van der Waals surface area contributed by atoms with E-state index in [2.05, 4.69) is 85.4 Å². The van der Waals surface area contributed by atoms with E-state index in [-0.39, 0.29) is 10.8 Å². The van der Waals surface area contributed by atoms with E-state index in [9.17, 15) is 0 Å². The molecule has 4 heterocycles. The van der Waals surface area contributed by atoms with Gasteiger partial charge in [-0.25, -0.2) is 9.98 Å². The van der Waals surface area contributed by atoms with Crippen LogP contribution in [-0.4, -0.2) is 137 Å². The molecule has 0 spiro atoms. The lowest BCUT2D eigenvalue weighted by Crippen LogP contribution is -2.52. The summed E-state index contributed by atoms with van der Waals surface area (Å²) >= 11 is 0. The smallest absolute Gasteiger partial charge is 0.202 e. The van der Waals surface area contributed by atoms with Crippen molar-refractivity contribution in [1.29, 1.82) is 0 Å². The van der Waals surface area contributed by atoms with Gasteiger partial charge in [-0.3, -0.25) is 0 Å². The molecule has 0 radical (unpaired) electrons. The molecule has 0 atom stereocenters. The van der Waals surface area contributed by atoms with Crippen molar-refractivity contribution in [2.75, 3.05) is 105 Å². The highest BCUT2D eigenvalue weighted by molar-refractivity contribution is 6.05. The van der Waals surface area contributed by atoms with Gasteiger partial charge >= 0.3 is 0 Å². The number of rotatable bonds is 2. The van der Waals surface area contributed by atoms with Crippen LogP contribution < -0.4 is 0 Å². The van der Waals surface area contributed by atoms with Gasteiger partial charge in [0, 0.05) is 57.7 Å². The van der Waals surface area contributed by atoms with Gasteiger partial charge in [-0.1, -0.05) is 53.7 Å². The number of morpholine rings is 4. The minimum absolute atomic E-state index is 0.0511. The summed E-state index contributed by atoms with van der Waals surface area (Å²) in [6.07, 6.45) is 0. The second-order valence-corrected chi connectivity index (χ2v) is 14.8. The van der Waals surface area contributed by atoms with E-state index in [1.807, 2.05) is 0 Å². The van der Waals surface area contributed by atoms with E-state index in [1.54, 1.807) is 0 Å². The van der Waals surface area contributed by atoms with Crippen LogP contribution in [0, 0.1) is 0 Å². The number of hydrogen-bond acceptors (Lipinski definition) is 6. The van der Waals surface area contributed by atoms with E-state index >= 15 is 0 Å². The van der Waals surface area contributed by atoms with Gasteiger partial charge in [0.15, 0.2) is 0 Å². The minimum atomic E-state index is -0.0511. The Balaban J connectivity index is 1.61. The summed E-state index contributed by atoms with van der Waals surface area (Å²) in [4.78, 5) is 20.8. The van der Waals surface area contributed by atoms with Gasteiger partial charge < -0.3 is 38.5 Å². The predicted molar refractivity (Wildman–Crippen MR) is 185 cm³/mol. The maximum absolute atomic E-state index is 5.76. The van der Waals surface area contributed by atoms with Gasteiger partial charge in [0.1, 0.15) is 0 Å². The number of nitrogens with zero attached hydrogens (tertiary/aromatic N) is 6. The Morgan fingerprint density at radius 3 is 1.02 bits per heavy atom. The van der Waals surface area contributed by atoms with Crippen LogP contribution in [0.2, 0.25) is 0 Å². The molecule has 4 fully saturated rings. The first-order valence-corrected chi connectivity index (χ1v) is 17.2. The maximum Gasteiger partial charge on any atom is 0.202 e. The average molecular weight is 635 g/mol. The van der Waals surface area contributed by atoms with Crippen LogP contribution in [0.25, 0.3) is 10.8 Å². The summed E-state index contributed by atoms with van der Waals surface area (Å²) in [7, 11) is 0. The third-order valence-corrected chi connectivity index (χ3v) is 9.36. The quantitative estimate of drug-likeness (QED) is 0.347. The molecular formula is C36H54N6O4. The molecule has 4 aliphatic heterocycles. The molecule has 46 heavy (non-hydrogen) atoms. The van der Waals surface area contributed by atoms with Crippen LogP contribution in [0.15, 0.2) is 34.3 Å². The van der Waals surface area contributed by atoms with Crippen LogP contribution in [-0.2, 0) is 29.8 Å². The Hall–Kier alpha value is -2.92. The lowest BCUT2D eigenvalue weighted by molar-refractivity contribution is 0.0422. The fourth-order valence-electron chi connectivity index (χ4n) is 6.46. The van der Waals surface area contributed by atoms with Crippen molar-refractivity contribution >= 4 is 34.1 Å². The van der Waals surface area contributed by atoms with Gasteiger partial charge in [0.2, 0.25) is 11.9 Å². The number of benzene rings is 2. The molecule has 2 aromatic carbocycles. The number of ether oxygens (including phenoxy) is 4. The summed E-state index contributed by atoms with van der Waals surface area (Å²) in [6, 6.07) is 9.36. The zero-order chi connectivity index (χ0) is 32.3. The predicted octanol–water partition coefficient (Wildman–Crippen LogP) is 4.74. The largest absolute Gasteiger partial charge is 0.378 e. The van der Waals surface area contributed by atoms with E-state index in [1.165, 1.54) is 16.5 Å². The lowest BCUT2D eigenvalue weighted by atomic mass is 9.82. The topological polar surface area (TPSA) is 74.6 Å². The monoisotopic (exact) mass is 634 g/mol. The van der Waals surface area contributed by atoms with Gasteiger partial charge in [-0.15, -0.1) is 0 Å². The molecule has 10 nitrogen and oxygen atoms in total. The highest BCUT2D eigenvalue weighted by Gasteiger charge is 2.28. The fraction of sp³-hybridized carbons (Fsp3) is 0.667. The Morgan fingerprint density at radius 2 is 0.761 bits per heavy atom. The normalized spacial score (nSPS) is 20.2. The molecule has 0 unspecified atom stereocenters. The fourth-order valence-corrected chi connectivity index (χ4v) is 6.46. The molecule has 10 heteroatoms. The summed E-state index contributed by atoms with van der Waals surface area (Å²) in [5.41, 5.74) is 4.37. The molecule has 0 amide bonds. The molecule has 0 bridgehead atoms. The first-order valence-electron chi connectivity index (χ1n) is 17.2. The summed E-state index contributed by atoms with van der Waals surface area (Å²) < 4.78 is 23.0. The number of hydrogen-bond donors (Lipinski definition) is 0. The minimum Gasteiger partial charge on any atom is -0.378 e. The molecule has 6 rings (SSSR count). The van der Waals surface area contributed by atoms with Crippen LogP contribution in [0.4, 0.5) is 11.4 Å². The van der Waals surface area contributed by atoms with E-state index in [0.29, 0.717) is 52.9 Å². The van der Waals surface area contributed by atoms with Crippen LogP contribution in [0.5, 0.6) is 0 Å². The van der Waals surface area contributed by atoms with E-state index in [0.717, 1.165) is 81.0 Å². The van der Waals surface area contributed by atoms with Crippen LogP contribution in [0.3, 0.4) is 0 Å². The first-order chi connectivity index (χ1) is 22.1.